The van der Waals surface area contributed by atoms with Crippen LogP contribution in [-0.2, 0) is 24.7 Å². The first kappa shape index (κ1) is 14.5. The van der Waals surface area contributed by atoms with E-state index in [1.807, 2.05) is 31.2 Å². The van der Waals surface area contributed by atoms with Crippen LogP contribution in [0.5, 0.6) is 0 Å². The molecule has 0 spiro atoms. The van der Waals surface area contributed by atoms with Gasteiger partial charge in [-0.15, -0.1) is 0 Å². The molecule has 0 bridgehead atoms. The van der Waals surface area contributed by atoms with Crippen LogP contribution in [-0.4, -0.2) is 15.7 Å². The molecule has 1 aromatic heterocycles. The first-order valence-electron chi connectivity index (χ1n) is 7.47. The number of hydrogen-bond acceptors (Lipinski definition) is 3. The summed E-state index contributed by atoms with van der Waals surface area (Å²) < 4.78 is 1.35. The van der Waals surface area contributed by atoms with Crippen molar-refractivity contribution < 1.29 is 4.79 Å². The Morgan fingerprint density at radius 2 is 2.14 bits per heavy atom. The van der Waals surface area contributed by atoms with Crippen molar-refractivity contribution >= 4 is 11.6 Å². The second kappa shape index (κ2) is 5.75. The molecule has 2 aromatic rings. The average Bonchev–Trinajstić information content (AvgIpc) is 2.50. The average molecular weight is 297 g/mol. The van der Waals surface area contributed by atoms with Crippen molar-refractivity contribution in [3.8, 4) is 0 Å². The van der Waals surface area contributed by atoms with Gasteiger partial charge in [0.05, 0.1) is 5.69 Å². The van der Waals surface area contributed by atoms with Crippen molar-refractivity contribution in [2.45, 2.75) is 26.2 Å². The van der Waals surface area contributed by atoms with Gasteiger partial charge < -0.3 is 5.32 Å². The fraction of sp³-hybridized carbons (Fsp3) is 0.353. The first-order chi connectivity index (χ1) is 10.5. The molecular formula is C17H19N3O2. The Hall–Kier alpha value is -2.43. The summed E-state index contributed by atoms with van der Waals surface area (Å²) in [4.78, 5) is 24.2. The molecule has 0 fully saturated rings. The summed E-state index contributed by atoms with van der Waals surface area (Å²) in [6.45, 7) is 1.97. The highest BCUT2D eigenvalue weighted by Crippen LogP contribution is 2.25. The molecule has 22 heavy (non-hydrogen) atoms. The van der Waals surface area contributed by atoms with E-state index in [0.29, 0.717) is 6.42 Å². The van der Waals surface area contributed by atoms with Crippen molar-refractivity contribution in [2.24, 2.45) is 13.0 Å². The van der Waals surface area contributed by atoms with Gasteiger partial charge in [-0.2, -0.15) is 5.10 Å². The Labute approximate surface area is 129 Å². The fourth-order valence-corrected chi connectivity index (χ4v) is 2.86. The van der Waals surface area contributed by atoms with E-state index in [9.17, 15) is 9.59 Å². The fourth-order valence-electron chi connectivity index (χ4n) is 2.86. The maximum atomic E-state index is 12.5. The van der Waals surface area contributed by atoms with E-state index in [0.717, 1.165) is 35.3 Å². The number of rotatable bonds is 2. The van der Waals surface area contributed by atoms with Crippen LogP contribution in [0.4, 0.5) is 5.69 Å². The van der Waals surface area contributed by atoms with Gasteiger partial charge in [0.2, 0.25) is 5.91 Å². The third-order valence-corrected chi connectivity index (χ3v) is 4.23. The van der Waals surface area contributed by atoms with Gasteiger partial charge in [-0.25, -0.2) is 4.68 Å². The second-order valence-corrected chi connectivity index (χ2v) is 5.82. The van der Waals surface area contributed by atoms with Gasteiger partial charge in [0.1, 0.15) is 0 Å². The standard InChI is InChI=1S/C17H19N3O2/c1-11-5-3-4-6-14(11)18-17(22)12-7-8-15-13(9-12)10-16(21)20(2)19-15/h3-6,10,12H,7-9H2,1-2H3,(H,18,22). The van der Waals surface area contributed by atoms with Crippen LogP contribution in [0.1, 0.15) is 23.2 Å². The molecule has 1 aliphatic rings. The molecule has 1 heterocycles. The summed E-state index contributed by atoms with van der Waals surface area (Å²) in [6.07, 6.45) is 2.07. The zero-order chi connectivity index (χ0) is 15.7. The molecule has 1 aliphatic carbocycles. The van der Waals surface area contributed by atoms with Gasteiger partial charge in [0, 0.05) is 24.7 Å². The van der Waals surface area contributed by atoms with Crippen molar-refractivity contribution in [3.63, 3.8) is 0 Å². The molecule has 1 aromatic carbocycles. The number of benzene rings is 1. The molecule has 1 amide bonds. The highest BCUT2D eigenvalue weighted by atomic mass is 16.2. The predicted molar refractivity (Wildman–Crippen MR) is 84.8 cm³/mol. The monoisotopic (exact) mass is 297 g/mol. The Bertz CT molecular complexity index is 780. The van der Waals surface area contributed by atoms with Crippen molar-refractivity contribution in [1.82, 2.24) is 9.78 Å². The number of amides is 1. The molecule has 3 rings (SSSR count). The lowest BCUT2D eigenvalue weighted by Gasteiger charge is -2.23. The summed E-state index contributed by atoms with van der Waals surface area (Å²) in [5.74, 6) is -0.0957. The Morgan fingerprint density at radius 3 is 2.91 bits per heavy atom. The van der Waals surface area contributed by atoms with Gasteiger partial charge >= 0.3 is 0 Å². The van der Waals surface area contributed by atoms with Crippen LogP contribution in [0.3, 0.4) is 0 Å². The lowest BCUT2D eigenvalue weighted by molar-refractivity contribution is -0.120. The summed E-state index contributed by atoms with van der Waals surface area (Å²) >= 11 is 0. The maximum absolute atomic E-state index is 12.5. The van der Waals surface area contributed by atoms with Crippen LogP contribution in [0.2, 0.25) is 0 Å². The van der Waals surface area contributed by atoms with E-state index in [1.54, 1.807) is 13.1 Å². The van der Waals surface area contributed by atoms with Crippen LogP contribution >= 0.6 is 0 Å². The van der Waals surface area contributed by atoms with Gasteiger partial charge in [-0.05, 0) is 43.4 Å². The van der Waals surface area contributed by atoms with Gasteiger partial charge in [0.25, 0.3) is 5.56 Å². The van der Waals surface area contributed by atoms with Crippen LogP contribution in [0.15, 0.2) is 35.1 Å². The summed E-state index contributed by atoms with van der Waals surface area (Å²) in [7, 11) is 1.65. The van der Waals surface area contributed by atoms with Crippen LogP contribution in [0.25, 0.3) is 0 Å². The molecule has 1 atom stereocenters. The number of aryl methyl sites for hydroxylation is 3. The third kappa shape index (κ3) is 2.79. The lowest BCUT2D eigenvalue weighted by atomic mass is 9.86. The van der Waals surface area contributed by atoms with Crippen LogP contribution < -0.4 is 10.9 Å². The number of aromatic nitrogens is 2. The number of para-hydroxylation sites is 1. The van der Waals surface area contributed by atoms with Gasteiger partial charge in [-0.3, -0.25) is 9.59 Å². The smallest absolute Gasteiger partial charge is 0.266 e. The Kier molecular flexibility index (Phi) is 3.79. The number of nitrogens with one attached hydrogen (secondary N) is 1. The second-order valence-electron chi connectivity index (χ2n) is 5.82. The number of nitrogens with zero attached hydrogens (tertiary/aromatic N) is 2. The molecule has 0 radical (unpaired) electrons. The molecule has 5 heteroatoms. The van der Waals surface area contributed by atoms with Crippen molar-refractivity contribution in [2.75, 3.05) is 5.32 Å². The molecule has 114 valence electrons. The number of fused-ring (bicyclic) bond motifs is 1. The number of anilines is 1. The quantitative estimate of drug-likeness (QED) is 0.920. The topological polar surface area (TPSA) is 64.0 Å². The molecule has 1 N–H and O–H groups in total. The normalized spacial score (nSPS) is 16.9. The number of carbonyl (C=O) groups is 1. The third-order valence-electron chi connectivity index (χ3n) is 4.23. The number of hydrogen-bond donors (Lipinski definition) is 1. The molecule has 5 nitrogen and oxygen atoms in total. The van der Waals surface area contributed by atoms with Crippen molar-refractivity contribution in [1.29, 1.82) is 0 Å². The van der Waals surface area contributed by atoms with Crippen LogP contribution in [0, 0.1) is 12.8 Å². The van der Waals surface area contributed by atoms with E-state index in [-0.39, 0.29) is 17.4 Å². The molecule has 0 saturated heterocycles. The van der Waals surface area contributed by atoms with E-state index in [4.69, 9.17) is 0 Å². The largest absolute Gasteiger partial charge is 0.326 e. The Balaban J connectivity index is 1.77. The van der Waals surface area contributed by atoms with Gasteiger partial charge in [-0.1, -0.05) is 18.2 Å². The van der Waals surface area contributed by atoms with E-state index >= 15 is 0 Å². The summed E-state index contributed by atoms with van der Waals surface area (Å²) in [5, 5.41) is 7.27. The molecule has 1 unspecified atom stereocenters. The SMILES string of the molecule is Cc1ccccc1NC(=O)C1CCc2nn(C)c(=O)cc2C1. The minimum absolute atomic E-state index is 0.0145. The molecular weight excluding hydrogens is 278 g/mol. The maximum Gasteiger partial charge on any atom is 0.266 e. The van der Waals surface area contributed by atoms with E-state index in [1.165, 1.54) is 4.68 Å². The van der Waals surface area contributed by atoms with E-state index < -0.39 is 0 Å². The van der Waals surface area contributed by atoms with Crippen molar-refractivity contribution in [3.05, 3.63) is 57.5 Å². The number of carbonyl (C=O) groups excluding carboxylic acids is 1. The predicted octanol–water partition coefficient (Wildman–Crippen LogP) is 1.83. The Morgan fingerprint density at radius 1 is 1.36 bits per heavy atom. The van der Waals surface area contributed by atoms with E-state index in [2.05, 4.69) is 10.4 Å². The summed E-state index contributed by atoms with van der Waals surface area (Å²) in [6, 6.07) is 9.34. The lowest BCUT2D eigenvalue weighted by Crippen LogP contribution is -2.31. The molecule has 0 aliphatic heterocycles. The summed E-state index contributed by atoms with van der Waals surface area (Å²) in [5.41, 5.74) is 3.60. The first-order valence-corrected chi connectivity index (χ1v) is 7.47. The zero-order valence-corrected chi connectivity index (χ0v) is 12.8. The minimum atomic E-state index is -0.126. The molecule has 0 saturated carbocycles. The highest BCUT2D eigenvalue weighted by molar-refractivity contribution is 5.93. The highest BCUT2D eigenvalue weighted by Gasteiger charge is 2.26. The van der Waals surface area contributed by atoms with Gasteiger partial charge in [0.15, 0.2) is 0 Å². The zero-order valence-electron chi connectivity index (χ0n) is 12.8. The minimum Gasteiger partial charge on any atom is -0.326 e.